The molecule has 2 aromatic carbocycles. The molecule has 2 aromatic rings. The van der Waals surface area contributed by atoms with Crippen LogP contribution in [0.1, 0.15) is 43.5 Å². The van der Waals surface area contributed by atoms with E-state index in [0.717, 1.165) is 0 Å². The van der Waals surface area contributed by atoms with Gasteiger partial charge in [0.1, 0.15) is 0 Å². The highest BCUT2D eigenvalue weighted by Crippen LogP contribution is 2.61. The highest BCUT2D eigenvalue weighted by atomic mass is 14.5. The lowest BCUT2D eigenvalue weighted by atomic mass is 9.68. The maximum atomic E-state index is 4.23. The topological polar surface area (TPSA) is 0 Å². The summed E-state index contributed by atoms with van der Waals surface area (Å²) >= 11 is 0. The third-order valence-corrected chi connectivity index (χ3v) is 5.71. The Balaban J connectivity index is 0.00000225. The van der Waals surface area contributed by atoms with Crippen LogP contribution in [0.25, 0.3) is 11.1 Å². The van der Waals surface area contributed by atoms with Crippen molar-refractivity contribution >= 4 is 11.1 Å². The van der Waals surface area contributed by atoms with Crippen molar-refractivity contribution in [1.29, 1.82) is 0 Å². The van der Waals surface area contributed by atoms with Crippen molar-refractivity contribution in [2.24, 2.45) is 0 Å². The zero-order valence-electron chi connectivity index (χ0n) is 16.0. The van der Waals surface area contributed by atoms with E-state index in [0.29, 0.717) is 0 Å². The van der Waals surface area contributed by atoms with Gasteiger partial charge in [-0.05, 0) is 58.4 Å². The number of hydrogen-bond acceptors (Lipinski definition) is 0. The van der Waals surface area contributed by atoms with E-state index in [2.05, 4.69) is 99.8 Å². The lowest BCUT2D eigenvalue weighted by Gasteiger charge is -2.32. The molecular formula is C28H28. The number of hydrogen-bond donors (Lipinski definition) is 0. The van der Waals surface area contributed by atoms with Crippen LogP contribution in [0.15, 0.2) is 109 Å². The van der Waals surface area contributed by atoms with Crippen molar-refractivity contribution in [3.63, 3.8) is 0 Å². The van der Waals surface area contributed by atoms with Gasteiger partial charge in [0, 0.05) is 0 Å². The summed E-state index contributed by atoms with van der Waals surface area (Å²) in [6.07, 6.45) is 12.7. The standard InChI is InChI=1S/C27H24.CH4/c1-5-13-20-22-16-10-12-18-26(22)27(23(20)8-4)24(14-6-2)19(7-3)21-15-9-11-17-25(21)27;/h5-18H,3-4H2,1-2H3;1H4/b13-5-,14-6-;. The fraction of sp³-hybridized carbons (Fsp3) is 0.143. The van der Waals surface area contributed by atoms with E-state index in [1.165, 1.54) is 44.5 Å². The largest absolute Gasteiger partial charge is 0.0987 e. The maximum Gasteiger partial charge on any atom is 0.0725 e. The molecule has 1 atom stereocenters. The molecule has 0 bridgehead atoms. The smallest absolute Gasteiger partial charge is 0.0725 e. The third kappa shape index (κ3) is 2.31. The molecule has 140 valence electrons. The van der Waals surface area contributed by atoms with Gasteiger partial charge in [0.05, 0.1) is 5.41 Å². The van der Waals surface area contributed by atoms with E-state index in [1.54, 1.807) is 0 Å². The number of fused-ring (bicyclic) bond motifs is 4. The van der Waals surface area contributed by atoms with Crippen LogP contribution in [0.3, 0.4) is 0 Å². The Kier molecular flexibility index (Phi) is 5.25. The minimum atomic E-state index is -0.334. The van der Waals surface area contributed by atoms with Gasteiger partial charge in [0.2, 0.25) is 0 Å². The summed E-state index contributed by atoms with van der Waals surface area (Å²) in [5.74, 6) is 0. The van der Waals surface area contributed by atoms with Crippen LogP contribution in [-0.2, 0) is 5.41 Å². The number of rotatable bonds is 4. The molecule has 4 rings (SSSR count). The highest BCUT2D eigenvalue weighted by Gasteiger charge is 2.51. The van der Waals surface area contributed by atoms with Gasteiger partial charge in [-0.15, -0.1) is 0 Å². The lowest BCUT2D eigenvalue weighted by Crippen LogP contribution is -2.27. The summed E-state index contributed by atoms with van der Waals surface area (Å²) in [7, 11) is 0. The Bertz CT molecular complexity index is 1070. The van der Waals surface area contributed by atoms with Crippen molar-refractivity contribution in [3.8, 4) is 0 Å². The van der Waals surface area contributed by atoms with Crippen LogP contribution in [0.4, 0.5) is 0 Å². The number of allylic oxidation sites excluding steroid dienone is 10. The Morgan fingerprint density at radius 1 is 0.679 bits per heavy atom. The maximum absolute atomic E-state index is 4.23. The first-order chi connectivity index (χ1) is 13.2. The van der Waals surface area contributed by atoms with Gasteiger partial charge >= 0.3 is 0 Å². The van der Waals surface area contributed by atoms with Gasteiger partial charge in [-0.25, -0.2) is 0 Å². The SMILES string of the molecule is C.C=CC1=C(/C=C\C)C2(C(C=C)=C(/C=C\C)c3ccccc32)c2ccccc21. The molecule has 0 heterocycles. The first kappa shape index (κ1) is 19.6. The van der Waals surface area contributed by atoms with E-state index in [1.807, 2.05) is 12.2 Å². The van der Waals surface area contributed by atoms with Crippen LogP contribution in [0, 0.1) is 0 Å². The molecule has 1 spiro atoms. The van der Waals surface area contributed by atoms with E-state index in [4.69, 9.17) is 0 Å². The molecule has 0 saturated carbocycles. The molecule has 0 radical (unpaired) electrons. The Morgan fingerprint density at radius 2 is 1.21 bits per heavy atom. The summed E-state index contributed by atoms with van der Waals surface area (Å²) in [6.45, 7) is 12.5. The second-order valence-electron chi connectivity index (χ2n) is 6.90. The quantitative estimate of drug-likeness (QED) is 0.522. The molecule has 0 fully saturated rings. The van der Waals surface area contributed by atoms with Crippen LogP contribution >= 0.6 is 0 Å². The van der Waals surface area contributed by atoms with Crippen molar-refractivity contribution < 1.29 is 0 Å². The first-order valence-electron chi connectivity index (χ1n) is 9.45. The van der Waals surface area contributed by atoms with E-state index in [9.17, 15) is 0 Å². The van der Waals surface area contributed by atoms with Crippen LogP contribution in [0.2, 0.25) is 0 Å². The molecule has 0 aromatic heterocycles. The molecule has 0 aliphatic heterocycles. The summed E-state index contributed by atoms with van der Waals surface area (Å²) in [4.78, 5) is 0. The molecular weight excluding hydrogens is 336 g/mol. The fourth-order valence-electron chi connectivity index (χ4n) is 4.87. The zero-order valence-corrected chi connectivity index (χ0v) is 16.0. The zero-order chi connectivity index (χ0) is 19.0. The summed E-state index contributed by atoms with van der Waals surface area (Å²) in [5.41, 5.74) is 9.84. The van der Waals surface area contributed by atoms with Gasteiger partial charge in [0.15, 0.2) is 0 Å². The molecule has 0 amide bonds. The van der Waals surface area contributed by atoms with Crippen LogP contribution < -0.4 is 0 Å². The molecule has 1 unspecified atom stereocenters. The van der Waals surface area contributed by atoms with E-state index in [-0.39, 0.29) is 12.8 Å². The van der Waals surface area contributed by atoms with Crippen molar-refractivity contribution in [2.75, 3.05) is 0 Å². The lowest BCUT2D eigenvalue weighted by molar-refractivity contribution is 0.779. The molecule has 2 aliphatic rings. The van der Waals surface area contributed by atoms with Gasteiger partial charge in [-0.1, -0.05) is 106 Å². The Morgan fingerprint density at radius 3 is 1.71 bits per heavy atom. The van der Waals surface area contributed by atoms with Crippen molar-refractivity contribution in [2.45, 2.75) is 26.7 Å². The molecule has 2 aliphatic carbocycles. The number of benzene rings is 2. The molecule has 0 N–H and O–H groups in total. The first-order valence-corrected chi connectivity index (χ1v) is 9.45. The normalized spacial score (nSPS) is 20.1. The Hall–Kier alpha value is -3.12. The van der Waals surface area contributed by atoms with Crippen LogP contribution in [0.5, 0.6) is 0 Å². The third-order valence-electron chi connectivity index (χ3n) is 5.71. The average molecular weight is 365 g/mol. The molecule has 0 saturated heterocycles. The highest BCUT2D eigenvalue weighted by molar-refractivity contribution is 5.99. The predicted molar refractivity (Wildman–Crippen MR) is 124 cm³/mol. The van der Waals surface area contributed by atoms with Gasteiger partial charge in [-0.3, -0.25) is 0 Å². The minimum absolute atomic E-state index is 0. The van der Waals surface area contributed by atoms with Crippen molar-refractivity contribution in [3.05, 3.63) is 132 Å². The minimum Gasteiger partial charge on any atom is -0.0987 e. The summed E-state index contributed by atoms with van der Waals surface area (Å²) in [5, 5.41) is 0. The second kappa shape index (κ2) is 7.48. The Labute approximate surface area is 169 Å². The van der Waals surface area contributed by atoms with Gasteiger partial charge in [0.25, 0.3) is 0 Å². The molecule has 28 heavy (non-hydrogen) atoms. The summed E-state index contributed by atoms with van der Waals surface area (Å²) in [6, 6.07) is 17.5. The summed E-state index contributed by atoms with van der Waals surface area (Å²) < 4.78 is 0. The fourth-order valence-corrected chi connectivity index (χ4v) is 4.87. The van der Waals surface area contributed by atoms with E-state index < -0.39 is 0 Å². The van der Waals surface area contributed by atoms with Gasteiger partial charge < -0.3 is 0 Å². The van der Waals surface area contributed by atoms with Crippen molar-refractivity contribution in [1.82, 2.24) is 0 Å². The monoisotopic (exact) mass is 364 g/mol. The second-order valence-corrected chi connectivity index (χ2v) is 6.90. The predicted octanol–water partition coefficient (Wildman–Crippen LogP) is 7.67. The van der Waals surface area contributed by atoms with Gasteiger partial charge in [-0.2, -0.15) is 0 Å². The van der Waals surface area contributed by atoms with E-state index >= 15 is 0 Å². The van der Waals surface area contributed by atoms with Crippen LogP contribution in [-0.4, -0.2) is 0 Å². The molecule has 0 nitrogen and oxygen atoms in total. The molecule has 0 heteroatoms. The average Bonchev–Trinajstić information content (AvgIpc) is 3.14.